The maximum absolute atomic E-state index is 11.2. The largest absolute Gasteiger partial charge is 0.479 e. The first-order valence-electron chi connectivity index (χ1n) is 5.35. The molecule has 0 radical (unpaired) electrons. The molecule has 1 fully saturated rings. The second kappa shape index (κ2) is 4.53. The normalized spacial score (nSPS) is 21.6. The zero-order valence-electron chi connectivity index (χ0n) is 9.18. The molecule has 2 rings (SSSR count). The van der Waals surface area contributed by atoms with Gasteiger partial charge in [0.25, 0.3) is 0 Å². The van der Waals surface area contributed by atoms with Crippen LogP contribution in [0.25, 0.3) is 0 Å². The molecule has 0 bridgehead atoms. The number of carbonyl (C=O) groups is 1. The van der Waals surface area contributed by atoms with Gasteiger partial charge in [-0.3, -0.25) is 0 Å². The van der Waals surface area contributed by atoms with Crippen molar-refractivity contribution < 1.29 is 14.3 Å². The molecule has 2 N–H and O–H groups in total. The predicted molar refractivity (Wildman–Crippen MR) is 59.0 cm³/mol. The van der Waals surface area contributed by atoms with E-state index in [1.54, 1.807) is 0 Å². The molecular formula is C12H15NO3. The van der Waals surface area contributed by atoms with Gasteiger partial charge in [0.1, 0.15) is 5.75 Å². The number of nitrogens with two attached hydrogens (primary N) is 1. The Hall–Kier alpha value is -1.55. The zero-order valence-corrected chi connectivity index (χ0v) is 9.18. The average molecular weight is 221 g/mol. The van der Waals surface area contributed by atoms with Crippen molar-refractivity contribution in [2.75, 3.05) is 6.61 Å². The van der Waals surface area contributed by atoms with E-state index in [1.165, 1.54) is 0 Å². The highest BCUT2D eigenvalue weighted by molar-refractivity contribution is 5.76. The molecule has 16 heavy (non-hydrogen) atoms. The summed E-state index contributed by atoms with van der Waals surface area (Å²) in [6.45, 7) is 2.37. The van der Waals surface area contributed by atoms with Gasteiger partial charge in [-0.05, 0) is 24.6 Å². The van der Waals surface area contributed by atoms with Crippen LogP contribution in [0.2, 0.25) is 0 Å². The Morgan fingerprint density at radius 3 is 2.62 bits per heavy atom. The van der Waals surface area contributed by atoms with Crippen LogP contribution in [0.1, 0.15) is 24.9 Å². The van der Waals surface area contributed by atoms with E-state index in [0.29, 0.717) is 18.8 Å². The second-order valence-corrected chi connectivity index (χ2v) is 3.92. The molecule has 0 amide bonds. The van der Waals surface area contributed by atoms with Gasteiger partial charge < -0.3 is 15.2 Å². The van der Waals surface area contributed by atoms with E-state index in [2.05, 4.69) is 0 Å². The summed E-state index contributed by atoms with van der Waals surface area (Å²) in [5.41, 5.74) is 6.78. The van der Waals surface area contributed by atoms with Gasteiger partial charge in [0.05, 0.1) is 6.61 Å². The first-order chi connectivity index (χ1) is 7.66. The summed E-state index contributed by atoms with van der Waals surface area (Å²) in [6, 6.07) is 7.46. The fraction of sp³-hybridized carbons (Fsp3) is 0.417. The highest BCUT2D eigenvalue weighted by atomic mass is 16.6. The van der Waals surface area contributed by atoms with Crippen LogP contribution in [-0.2, 0) is 9.53 Å². The summed E-state index contributed by atoms with van der Waals surface area (Å²) < 4.78 is 10.3. The van der Waals surface area contributed by atoms with Crippen molar-refractivity contribution in [1.82, 2.24) is 0 Å². The lowest BCUT2D eigenvalue weighted by atomic mass is 10.1. The minimum absolute atomic E-state index is 0.00509. The maximum Gasteiger partial charge on any atom is 0.347 e. The van der Waals surface area contributed by atoms with Gasteiger partial charge in [-0.15, -0.1) is 0 Å². The van der Waals surface area contributed by atoms with Crippen molar-refractivity contribution in [2.24, 2.45) is 5.73 Å². The Morgan fingerprint density at radius 1 is 1.44 bits per heavy atom. The molecular weight excluding hydrogens is 206 g/mol. The molecule has 1 aliphatic heterocycles. The Labute approximate surface area is 94.3 Å². The van der Waals surface area contributed by atoms with Crippen LogP contribution >= 0.6 is 0 Å². The molecule has 0 saturated carbocycles. The summed E-state index contributed by atoms with van der Waals surface area (Å²) in [5, 5.41) is 0. The number of cyclic esters (lactones) is 1. The van der Waals surface area contributed by atoms with Crippen LogP contribution in [0.3, 0.4) is 0 Å². The number of carbonyl (C=O) groups excluding carboxylic acids is 1. The molecule has 2 atom stereocenters. The monoisotopic (exact) mass is 221 g/mol. The van der Waals surface area contributed by atoms with E-state index >= 15 is 0 Å². The van der Waals surface area contributed by atoms with Crippen molar-refractivity contribution in [3.05, 3.63) is 29.8 Å². The molecule has 1 heterocycles. The average Bonchev–Trinajstić information content (AvgIpc) is 2.65. The van der Waals surface area contributed by atoms with Crippen molar-refractivity contribution in [3.63, 3.8) is 0 Å². The van der Waals surface area contributed by atoms with E-state index < -0.39 is 6.10 Å². The molecule has 1 unspecified atom stereocenters. The Balaban J connectivity index is 2.02. The van der Waals surface area contributed by atoms with E-state index in [0.717, 1.165) is 5.56 Å². The van der Waals surface area contributed by atoms with Crippen molar-refractivity contribution in [3.8, 4) is 5.75 Å². The summed E-state index contributed by atoms with van der Waals surface area (Å²) >= 11 is 0. The molecule has 1 aromatic carbocycles. The molecule has 1 aliphatic rings. The van der Waals surface area contributed by atoms with Crippen LogP contribution < -0.4 is 10.5 Å². The van der Waals surface area contributed by atoms with Crippen molar-refractivity contribution in [1.29, 1.82) is 0 Å². The Bertz CT molecular complexity index is 372. The standard InChI is InChI=1S/C12H15NO3/c1-8(13)9-2-4-10(5-3-9)16-11-6-7-15-12(11)14/h2-5,8,11H,6-7,13H2,1H3/t8-,11?/m1/s1. The third-order valence-electron chi connectivity index (χ3n) is 2.57. The maximum atomic E-state index is 11.2. The molecule has 4 heteroatoms. The lowest BCUT2D eigenvalue weighted by molar-refractivity contribution is -0.143. The molecule has 0 aromatic heterocycles. The Kier molecular flexibility index (Phi) is 3.10. The minimum atomic E-state index is -0.457. The number of rotatable bonds is 3. The van der Waals surface area contributed by atoms with Crippen LogP contribution in [0.15, 0.2) is 24.3 Å². The first-order valence-corrected chi connectivity index (χ1v) is 5.35. The number of ether oxygens (including phenoxy) is 2. The van der Waals surface area contributed by atoms with Gasteiger partial charge in [0, 0.05) is 12.5 Å². The lowest BCUT2D eigenvalue weighted by Gasteiger charge is -2.11. The minimum Gasteiger partial charge on any atom is -0.479 e. The number of hydrogen-bond acceptors (Lipinski definition) is 4. The summed E-state index contributed by atoms with van der Waals surface area (Å²) in [7, 11) is 0. The van der Waals surface area contributed by atoms with Crippen LogP contribution in [0, 0.1) is 0 Å². The highest BCUT2D eigenvalue weighted by Gasteiger charge is 2.28. The third kappa shape index (κ3) is 2.33. The summed E-state index contributed by atoms with van der Waals surface area (Å²) in [5.74, 6) is 0.393. The number of hydrogen-bond donors (Lipinski definition) is 1. The highest BCUT2D eigenvalue weighted by Crippen LogP contribution is 2.20. The van der Waals surface area contributed by atoms with E-state index in [4.69, 9.17) is 15.2 Å². The third-order valence-corrected chi connectivity index (χ3v) is 2.57. The predicted octanol–water partition coefficient (Wildman–Crippen LogP) is 1.40. The number of benzene rings is 1. The van der Waals surface area contributed by atoms with E-state index in [9.17, 15) is 4.79 Å². The second-order valence-electron chi connectivity index (χ2n) is 3.92. The van der Waals surface area contributed by atoms with E-state index in [1.807, 2.05) is 31.2 Å². The molecule has 1 saturated heterocycles. The topological polar surface area (TPSA) is 61.6 Å². The zero-order chi connectivity index (χ0) is 11.5. The molecule has 4 nitrogen and oxygen atoms in total. The SMILES string of the molecule is C[C@@H](N)c1ccc(OC2CCOC2=O)cc1. The summed E-state index contributed by atoms with van der Waals surface area (Å²) in [4.78, 5) is 11.2. The van der Waals surface area contributed by atoms with Gasteiger partial charge in [-0.2, -0.15) is 0 Å². The lowest BCUT2D eigenvalue weighted by Crippen LogP contribution is -2.21. The molecule has 86 valence electrons. The fourth-order valence-electron chi connectivity index (χ4n) is 1.60. The van der Waals surface area contributed by atoms with Gasteiger partial charge in [0.15, 0.2) is 6.10 Å². The van der Waals surface area contributed by atoms with Crippen molar-refractivity contribution in [2.45, 2.75) is 25.5 Å². The van der Waals surface area contributed by atoms with Gasteiger partial charge in [-0.1, -0.05) is 12.1 Å². The smallest absolute Gasteiger partial charge is 0.347 e. The quantitative estimate of drug-likeness (QED) is 0.784. The summed E-state index contributed by atoms with van der Waals surface area (Å²) in [6.07, 6.45) is 0.162. The number of esters is 1. The molecule has 0 aliphatic carbocycles. The first kappa shape index (κ1) is 11.0. The van der Waals surface area contributed by atoms with Gasteiger partial charge >= 0.3 is 5.97 Å². The van der Waals surface area contributed by atoms with Gasteiger partial charge in [-0.25, -0.2) is 4.79 Å². The Morgan fingerprint density at radius 2 is 2.12 bits per heavy atom. The van der Waals surface area contributed by atoms with Crippen LogP contribution in [-0.4, -0.2) is 18.7 Å². The molecule has 1 aromatic rings. The van der Waals surface area contributed by atoms with Gasteiger partial charge in [0.2, 0.25) is 0 Å². The van der Waals surface area contributed by atoms with E-state index in [-0.39, 0.29) is 12.0 Å². The van der Waals surface area contributed by atoms with Crippen LogP contribution in [0.5, 0.6) is 5.75 Å². The fourth-order valence-corrected chi connectivity index (χ4v) is 1.60. The van der Waals surface area contributed by atoms with Crippen LogP contribution in [0.4, 0.5) is 0 Å². The molecule has 0 spiro atoms. The van der Waals surface area contributed by atoms with Crippen molar-refractivity contribution >= 4 is 5.97 Å².